The molecular weight excluding hydrogens is 424 g/mol. The summed E-state index contributed by atoms with van der Waals surface area (Å²) in [5, 5.41) is 0.491. The fourth-order valence-electron chi connectivity index (χ4n) is 3.97. The summed E-state index contributed by atoms with van der Waals surface area (Å²) in [6.45, 7) is 0.653. The minimum Gasteiger partial charge on any atom is -0.454 e. The van der Waals surface area contributed by atoms with Gasteiger partial charge in [-0.15, -0.1) is 0 Å². The third-order valence-corrected chi connectivity index (χ3v) is 8.63. The molecule has 5 rings (SSSR count). The first-order valence-corrected chi connectivity index (χ1v) is 12.3. The maximum atomic E-state index is 12.6. The van der Waals surface area contributed by atoms with E-state index in [4.69, 9.17) is 9.47 Å². The van der Waals surface area contributed by atoms with Crippen molar-refractivity contribution in [2.45, 2.75) is 24.3 Å². The fourth-order valence-corrected chi connectivity index (χ4v) is 7.94. The van der Waals surface area contributed by atoms with E-state index in [9.17, 15) is 13.2 Å². The molecule has 9 heteroatoms. The Balaban J connectivity index is 1.40. The van der Waals surface area contributed by atoms with Crippen LogP contribution in [0.25, 0.3) is 0 Å². The molecule has 0 bridgehead atoms. The van der Waals surface area contributed by atoms with E-state index in [-0.39, 0.29) is 41.9 Å². The van der Waals surface area contributed by atoms with Crippen LogP contribution < -0.4 is 9.47 Å². The second-order valence-electron chi connectivity index (χ2n) is 7.57. The number of hydrogen-bond acceptors (Lipinski definition) is 6. The molecule has 156 valence electrons. The third-order valence-electron chi connectivity index (χ3n) is 5.38. The molecule has 2 atom stereocenters. The highest BCUT2D eigenvalue weighted by atomic mass is 32.2. The monoisotopic (exact) mass is 444 g/mol. The lowest BCUT2D eigenvalue weighted by Crippen LogP contribution is -2.37. The third kappa shape index (κ3) is 3.91. The molecule has 0 aromatic heterocycles. The number of amidine groups is 1. The lowest BCUT2D eigenvalue weighted by Gasteiger charge is -2.24. The summed E-state index contributed by atoms with van der Waals surface area (Å²) in [7, 11) is -3.09. The van der Waals surface area contributed by atoms with Crippen molar-refractivity contribution in [3.63, 3.8) is 0 Å². The number of benzene rings is 2. The largest absolute Gasteiger partial charge is 0.454 e. The van der Waals surface area contributed by atoms with Crippen LogP contribution in [0.4, 0.5) is 0 Å². The first-order valence-electron chi connectivity index (χ1n) is 9.64. The summed E-state index contributed by atoms with van der Waals surface area (Å²) >= 11 is 1.40. The highest BCUT2D eigenvalue weighted by Crippen LogP contribution is 2.40. The van der Waals surface area contributed by atoms with E-state index in [1.807, 2.05) is 53.4 Å². The van der Waals surface area contributed by atoms with Gasteiger partial charge in [0, 0.05) is 11.8 Å². The number of nitrogens with zero attached hydrogens (tertiary/aromatic N) is 2. The van der Waals surface area contributed by atoms with Crippen molar-refractivity contribution in [2.24, 2.45) is 4.99 Å². The normalized spacial score (nSPS) is 24.9. The molecule has 3 aliphatic rings. The summed E-state index contributed by atoms with van der Waals surface area (Å²) in [5.41, 5.74) is 1.85. The van der Waals surface area contributed by atoms with E-state index < -0.39 is 9.84 Å². The zero-order chi connectivity index (χ0) is 20.7. The van der Waals surface area contributed by atoms with Crippen molar-refractivity contribution in [3.05, 3.63) is 59.7 Å². The maximum Gasteiger partial charge on any atom is 0.252 e. The van der Waals surface area contributed by atoms with E-state index in [1.54, 1.807) is 0 Å². The van der Waals surface area contributed by atoms with E-state index in [2.05, 4.69) is 4.99 Å². The molecule has 3 heterocycles. The Labute approximate surface area is 179 Å². The number of rotatable bonds is 4. The smallest absolute Gasteiger partial charge is 0.252 e. The molecule has 30 heavy (non-hydrogen) atoms. The minimum atomic E-state index is -3.09. The molecular formula is C21H20N2O5S2. The predicted octanol–water partition coefficient (Wildman–Crippen LogP) is 2.25. The van der Waals surface area contributed by atoms with E-state index in [0.717, 1.165) is 11.1 Å². The van der Waals surface area contributed by atoms with Gasteiger partial charge in [-0.05, 0) is 23.3 Å². The van der Waals surface area contributed by atoms with Gasteiger partial charge >= 0.3 is 0 Å². The number of carbonyl (C=O) groups excluding carboxylic acids is 1. The Bertz CT molecular complexity index is 1120. The molecule has 2 fully saturated rings. The number of amides is 1. The van der Waals surface area contributed by atoms with E-state index >= 15 is 0 Å². The average Bonchev–Trinajstić information content (AvgIpc) is 3.36. The summed E-state index contributed by atoms with van der Waals surface area (Å²) in [5.74, 6) is 1.34. The number of aliphatic imine (C=N–C) groups is 1. The summed E-state index contributed by atoms with van der Waals surface area (Å²) in [4.78, 5) is 18.9. The van der Waals surface area contributed by atoms with Crippen LogP contribution in [0.2, 0.25) is 0 Å². The summed E-state index contributed by atoms with van der Waals surface area (Å²) < 4.78 is 35.2. The van der Waals surface area contributed by atoms with Crippen LogP contribution in [0.5, 0.6) is 11.5 Å². The molecule has 7 nitrogen and oxygen atoms in total. The zero-order valence-electron chi connectivity index (χ0n) is 16.1. The second kappa shape index (κ2) is 7.63. The van der Waals surface area contributed by atoms with Gasteiger partial charge in [-0.25, -0.2) is 8.42 Å². The standard InChI is InChI=1S/C21H20N2O5S2/c24-20(9-14-4-2-1-3-5-14)22-21-23(16-11-30(25,26)12-19(16)29-21)10-15-6-7-17-18(8-15)28-13-27-17/h1-8,16,19H,9-13H2/t16-,19+/m1/s1. The number of thioether (sulfide) groups is 1. The van der Waals surface area contributed by atoms with Crippen molar-refractivity contribution in [1.82, 2.24) is 4.90 Å². The molecule has 0 aliphatic carbocycles. The number of hydrogen-bond donors (Lipinski definition) is 0. The molecule has 0 radical (unpaired) electrons. The summed E-state index contributed by atoms with van der Waals surface area (Å²) in [6, 6.07) is 15.0. The Kier molecular flexibility index (Phi) is 4.94. The van der Waals surface area contributed by atoms with Gasteiger partial charge in [-0.3, -0.25) is 4.79 Å². The molecule has 0 saturated carbocycles. The van der Waals surface area contributed by atoms with Crippen molar-refractivity contribution in [2.75, 3.05) is 18.3 Å². The predicted molar refractivity (Wildman–Crippen MR) is 115 cm³/mol. The van der Waals surface area contributed by atoms with Crippen molar-refractivity contribution in [1.29, 1.82) is 0 Å². The average molecular weight is 445 g/mol. The van der Waals surface area contributed by atoms with E-state index in [0.29, 0.717) is 23.2 Å². The topological polar surface area (TPSA) is 85.3 Å². The lowest BCUT2D eigenvalue weighted by atomic mass is 10.1. The fraction of sp³-hybridized carbons (Fsp3) is 0.333. The van der Waals surface area contributed by atoms with Crippen LogP contribution >= 0.6 is 11.8 Å². The molecule has 3 aliphatic heterocycles. The van der Waals surface area contributed by atoms with Crippen molar-refractivity contribution < 1.29 is 22.7 Å². The Hall–Kier alpha value is -2.52. The molecule has 1 amide bonds. The quantitative estimate of drug-likeness (QED) is 0.715. The highest BCUT2D eigenvalue weighted by molar-refractivity contribution is 8.15. The first kappa shape index (κ1) is 19.4. The van der Waals surface area contributed by atoms with E-state index in [1.165, 1.54) is 11.8 Å². The Morgan fingerprint density at radius 1 is 1.07 bits per heavy atom. The van der Waals surface area contributed by atoms with Crippen LogP contribution in [0.15, 0.2) is 53.5 Å². The van der Waals surface area contributed by atoms with Gasteiger partial charge in [0.2, 0.25) is 6.79 Å². The first-order chi connectivity index (χ1) is 14.5. The molecule has 2 aromatic rings. The van der Waals surface area contributed by atoms with Gasteiger partial charge in [0.1, 0.15) is 0 Å². The molecule has 0 unspecified atom stereocenters. The Morgan fingerprint density at radius 3 is 2.70 bits per heavy atom. The van der Waals surface area contributed by atoms with Gasteiger partial charge in [-0.1, -0.05) is 48.2 Å². The SMILES string of the molecule is O=C(Cc1ccccc1)N=C1S[C@H]2CS(=O)(=O)C[C@H]2N1Cc1ccc2c(c1)OCO2. The molecule has 2 saturated heterocycles. The van der Waals surface area contributed by atoms with Gasteiger partial charge in [0.05, 0.1) is 24.0 Å². The number of ether oxygens (including phenoxy) is 2. The summed E-state index contributed by atoms with van der Waals surface area (Å²) in [6.07, 6.45) is 0.219. The lowest BCUT2D eigenvalue weighted by molar-refractivity contribution is -0.117. The maximum absolute atomic E-state index is 12.6. The van der Waals surface area contributed by atoms with Crippen molar-refractivity contribution >= 4 is 32.7 Å². The number of carbonyl (C=O) groups is 1. The Morgan fingerprint density at radius 2 is 1.87 bits per heavy atom. The molecule has 0 N–H and O–H groups in total. The minimum absolute atomic E-state index is 0.0844. The number of sulfone groups is 1. The van der Waals surface area contributed by atoms with Crippen molar-refractivity contribution in [3.8, 4) is 11.5 Å². The molecule has 2 aromatic carbocycles. The van der Waals surface area contributed by atoms with Crippen LogP contribution in [-0.4, -0.2) is 54.0 Å². The number of fused-ring (bicyclic) bond motifs is 2. The van der Waals surface area contributed by atoms with Gasteiger partial charge in [-0.2, -0.15) is 4.99 Å². The van der Waals surface area contributed by atoms with Crippen LogP contribution in [0.1, 0.15) is 11.1 Å². The van der Waals surface area contributed by atoms with Crippen LogP contribution in [-0.2, 0) is 27.6 Å². The van der Waals surface area contributed by atoms with Crippen LogP contribution in [0, 0.1) is 0 Å². The highest BCUT2D eigenvalue weighted by Gasteiger charge is 2.48. The van der Waals surface area contributed by atoms with Gasteiger partial charge < -0.3 is 14.4 Å². The molecule has 0 spiro atoms. The van der Waals surface area contributed by atoms with Gasteiger partial charge in [0.25, 0.3) is 5.91 Å². The zero-order valence-corrected chi connectivity index (χ0v) is 17.7. The van der Waals surface area contributed by atoms with Gasteiger partial charge in [0.15, 0.2) is 26.5 Å². The van der Waals surface area contributed by atoms with Crippen LogP contribution in [0.3, 0.4) is 0 Å². The second-order valence-corrected chi connectivity index (χ2v) is 10.9.